The molecule has 43 valence electrons. The van der Waals surface area contributed by atoms with Gasteiger partial charge in [0.05, 0.1) is 0 Å². The van der Waals surface area contributed by atoms with E-state index in [1.54, 1.807) is 7.11 Å². The van der Waals surface area contributed by atoms with Gasteiger partial charge in [0, 0.05) is 0 Å². The molecule has 0 amide bonds. The molecule has 0 aliphatic carbocycles. The number of benzene rings is 1. The summed E-state index contributed by atoms with van der Waals surface area (Å²) in [6.07, 6.45) is 0. The van der Waals surface area contributed by atoms with E-state index in [-0.39, 0.29) is 0 Å². The van der Waals surface area contributed by atoms with Gasteiger partial charge in [0.1, 0.15) is 0 Å². The molecule has 0 spiro atoms. The van der Waals surface area contributed by atoms with Gasteiger partial charge in [-0.2, -0.15) is 0 Å². The SMILES string of the molecule is COc1cccc[c]1[Zn]. The normalized spacial score (nSPS) is 9.22. The van der Waals surface area contributed by atoms with Gasteiger partial charge in [-0.1, -0.05) is 0 Å². The minimum atomic E-state index is 1.01. The van der Waals surface area contributed by atoms with Gasteiger partial charge in [-0.3, -0.25) is 0 Å². The summed E-state index contributed by atoms with van der Waals surface area (Å²) in [6, 6.07) is 8.08. The van der Waals surface area contributed by atoms with Gasteiger partial charge in [0.25, 0.3) is 0 Å². The molecular weight excluding hydrogens is 165 g/mol. The van der Waals surface area contributed by atoms with Crippen LogP contribution in [0.5, 0.6) is 5.75 Å². The molecule has 1 aromatic carbocycles. The zero-order chi connectivity index (χ0) is 6.69. The van der Waals surface area contributed by atoms with Crippen LogP contribution in [-0.4, -0.2) is 7.11 Å². The molecule has 0 aliphatic heterocycles. The number of para-hydroxylation sites is 1. The monoisotopic (exact) mass is 171 g/mol. The van der Waals surface area contributed by atoms with Crippen LogP contribution in [0.1, 0.15) is 0 Å². The second kappa shape index (κ2) is 2.98. The van der Waals surface area contributed by atoms with E-state index in [0.29, 0.717) is 0 Å². The fourth-order valence-corrected chi connectivity index (χ4v) is 1.54. The van der Waals surface area contributed by atoms with E-state index in [1.807, 2.05) is 18.2 Å². The van der Waals surface area contributed by atoms with Crippen LogP contribution in [-0.2, 0) is 18.3 Å². The van der Waals surface area contributed by atoms with Crippen molar-refractivity contribution in [3.05, 3.63) is 24.3 Å². The summed E-state index contributed by atoms with van der Waals surface area (Å²) in [6.45, 7) is 0. The van der Waals surface area contributed by atoms with Crippen molar-refractivity contribution in [1.82, 2.24) is 0 Å². The van der Waals surface area contributed by atoms with E-state index in [1.165, 1.54) is 4.16 Å². The summed E-state index contributed by atoms with van der Waals surface area (Å²) in [5.41, 5.74) is 0. The zero-order valence-electron chi connectivity index (χ0n) is 5.42. The van der Waals surface area contributed by atoms with Crippen molar-refractivity contribution in [3.63, 3.8) is 0 Å². The summed E-state index contributed by atoms with van der Waals surface area (Å²) >= 11 is 1.16. The predicted molar refractivity (Wildman–Crippen MR) is 32.6 cm³/mol. The summed E-state index contributed by atoms with van der Waals surface area (Å²) in [5.74, 6) is 1.01. The van der Waals surface area contributed by atoms with Crippen molar-refractivity contribution >= 4 is 4.16 Å². The first-order chi connectivity index (χ1) is 4.34. The topological polar surface area (TPSA) is 9.23 Å². The standard InChI is InChI=1S/C7H7O.Zn/c1-8-7-5-3-2-4-6-7;/h2-5H,1H3;. The van der Waals surface area contributed by atoms with E-state index >= 15 is 0 Å². The third-order valence-electron chi connectivity index (χ3n) is 1.19. The Bertz CT molecular complexity index is 198. The molecule has 0 N–H and O–H groups in total. The number of rotatable bonds is 1. The van der Waals surface area contributed by atoms with Crippen molar-refractivity contribution in [2.45, 2.75) is 0 Å². The Hall–Kier alpha value is -0.357. The van der Waals surface area contributed by atoms with Crippen LogP contribution in [0.3, 0.4) is 0 Å². The molecule has 9 heavy (non-hydrogen) atoms. The van der Waals surface area contributed by atoms with Crippen molar-refractivity contribution in [2.75, 3.05) is 7.11 Å². The molecule has 0 heterocycles. The minimum absolute atomic E-state index is 1.01. The van der Waals surface area contributed by atoms with Crippen molar-refractivity contribution in [2.24, 2.45) is 0 Å². The number of ether oxygens (including phenoxy) is 1. The quantitative estimate of drug-likeness (QED) is 0.571. The molecule has 0 unspecified atom stereocenters. The maximum absolute atomic E-state index is 5.08. The predicted octanol–water partition coefficient (Wildman–Crippen LogP) is 0.867. The first kappa shape index (κ1) is 6.76. The molecule has 0 aromatic heterocycles. The molecule has 2 heteroatoms. The average molecular weight is 173 g/mol. The number of methoxy groups -OCH3 is 1. The van der Waals surface area contributed by atoms with Crippen LogP contribution in [0, 0.1) is 0 Å². The Morgan fingerprint density at radius 1 is 1.33 bits per heavy atom. The van der Waals surface area contributed by atoms with Gasteiger partial charge in [0.2, 0.25) is 0 Å². The zero-order valence-corrected chi connectivity index (χ0v) is 8.39. The molecule has 1 aromatic rings. The molecule has 0 atom stereocenters. The van der Waals surface area contributed by atoms with Gasteiger partial charge in [-0.25, -0.2) is 0 Å². The molecule has 0 saturated heterocycles. The fraction of sp³-hybridized carbons (Fsp3) is 0.143. The Morgan fingerprint density at radius 3 is 2.44 bits per heavy atom. The van der Waals surface area contributed by atoms with Crippen LogP contribution in [0.2, 0.25) is 0 Å². The van der Waals surface area contributed by atoms with Crippen molar-refractivity contribution in [3.8, 4) is 5.75 Å². The van der Waals surface area contributed by atoms with Crippen LogP contribution >= 0.6 is 0 Å². The summed E-state index contributed by atoms with van der Waals surface area (Å²) in [4.78, 5) is 0. The Morgan fingerprint density at radius 2 is 2.00 bits per heavy atom. The van der Waals surface area contributed by atoms with E-state index in [4.69, 9.17) is 4.74 Å². The molecule has 0 bridgehead atoms. The van der Waals surface area contributed by atoms with E-state index in [2.05, 4.69) is 6.07 Å². The van der Waals surface area contributed by atoms with Gasteiger partial charge in [0.15, 0.2) is 0 Å². The molecule has 0 saturated carbocycles. The summed E-state index contributed by atoms with van der Waals surface area (Å²) in [5, 5.41) is 0. The number of hydrogen-bond acceptors (Lipinski definition) is 1. The molecular formula is C7H7OZn. The van der Waals surface area contributed by atoms with Crippen LogP contribution in [0.25, 0.3) is 0 Å². The van der Waals surface area contributed by atoms with Crippen LogP contribution in [0.15, 0.2) is 24.3 Å². The second-order valence-corrected chi connectivity index (χ2v) is 3.41. The molecule has 0 radical (unpaired) electrons. The first-order valence-corrected chi connectivity index (χ1v) is 4.28. The van der Waals surface area contributed by atoms with Gasteiger partial charge >= 0.3 is 64.3 Å². The first-order valence-electron chi connectivity index (χ1n) is 2.79. The Kier molecular flexibility index (Phi) is 2.24. The van der Waals surface area contributed by atoms with E-state index < -0.39 is 0 Å². The van der Waals surface area contributed by atoms with Crippen molar-refractivity contribution in [1.29, 1.82) is 0 Å². The van der Waals surface area contributed by atoms with E-state index in [9.17, 15) is 0 Å². The molecule has 1 rings (SSSR count). The van der Waals surface area contributed by atoms with Gasteiger partial charge < -0.3 is 0 Å². The van der Waals surface area contributed by atoms with Gasteiger partial charge in [-0.05, 0) is 0 Å². The van der Waals surface area contributed by atoms with E-state index in [0.717, 1.165) is 24.1 Å². The van der Waals surface area contributed by atoms with Gasteiger partial charge in [-0.15, -0.1) is 0 Å². The molecule has 1 nitrogen and oxygen atoms in total. The maximum atomic E-state index is 5.08. The second-order valence-electron chi connectivity index (χ2n) is 1.81. The summed E-state index contributed by atoms with van der Waals surface area (Å²) in [7, 11) is 1.70. The Balaban J connectivity index is 3.01. The van der Waals surface area contributed by atoms with Crippen molar-refractivity contribution < 1.29 is 23.0 Å². The average Bonchev–Trinajstić information content (AvgIpc) is 1.89. The molecule has 0 fully saturated rings. The fourth-order valence-electron chi connectivity index (χ4n) is 0.703. The van der Waals surface area contributed by atoms with Crippen LogP contribution in [0.4, 0.5) is 0 Å². The number of hydrogen-bond donors (Lipinski definition) is 0. The van der Waals surface area contributed by atoms with Crippen LogP contribution < -0.4 is 8.89 Å². The summed E-state index contributed by atoms with van der Waals surface area (Å²) < 4.78 is 6.38. The third kappa shape index (κ3) is 1.52. The Labute approximate surface area is 64.7 Å². The molecule has 0 aliphatic rings. The third-order valence-corrected chi connectivity index (χ3v) is 2.42.